The second kappa shape index (κ2) is 11.0. The van der Waals surface area contributed by atoms with E-state index in [2.05, 4.69) is 5.16 Å². The second-order valence-corrected chi connectivity index (χ2v) is 11.4. The molecule has 0 N–H and O–H groups in total. The molecular weight excluding hydrogens is 557 g/mol. The largest absolute Gasteiger partial charge is 0.469 e. The smallest absolute Gasteiger partial charge is 0.416 e. The lowest BCUT2D eigenvalue weighted by Gasteiger charge is -2.19. The zero-order valence-electron chi connectivity index (χ0n) is 21.5. The van der Waals surface area contributed by atoms with E-state index < -0.39 is 27.7 Å². The highest BCUT2D eigenvalue weighted by Gasteiger charge is 2.32. The molecule has 4 rings (SSSR count). The maximum atomic E-state index is 13.8. The van der Waals surface area contributed by atoms with Gasteiger partial charge in [-0.1, -0.05) is 23.4 Å². The molecule has 0 aliphatic rings. The normalized spacial score (nSPS) is 12.2. The van der Waals surface area contributed by atoms with Crippen LogP contribution in [0.2, 0.25) is 0 Å². The molecule has 0 aliphatic carbocycles. The number of carbonyl (C=O) groups is 1. The minimum Gasteiger partial charge on any atom is -0.469 e. The number of aromatic nitrogens is 1. The fraction of sp³-hybridized carbons (Fsp3) is 0.308. The zero-order valence-corrected chi connectivity index (χ0v) is 23.1. The average molecular weight is 583 g/mol. The predicted molar refractivity (Wildman–Crippen MR) is 140 cm³/mol. The van der Waals surface area contributed by atoms with Gasteiger partial charge in [-0.2, -0.15) is 13.2 Å². The summed E-state index contributed by atoms with van der Waals surface area (Å²) in [6.45, 7) is 3.65. The topological polar surface area (TPSA) is 98.9 Å². The Labute approximate surface area is 227 Å². The van der Waals surface area contributed by atoms with Gasteiger partial charge in [-0.15, -0.1) is 11.3 Å². The van der Waals surface area contributed by atoms with Crippen LogP contribution in [0.25, 0.3) is 21.4 Å². The summed E-state index contributed by atoms with van der Waals surface area (Å²) in [5, 5.41) is 6.52. The highest BCUT2D eigenvalue weighted by atomic mass is 32.2. The molecule has 13 heteroatoms. The summed E-state index contributed by atoms with van der Waals surface area (Å²) in [6.07, 6.45) is -4.44. The van der Waals surface area contributed by atoms with Crippen molar-refractivity contribution in [2.45, 2.75) is 37.9 Å². The minimum atomic E-state index is -4.50. The van der Waals surface area contributed by atoms with Gasteiger partial charge in [0.15, 0.2) is 11.6 Å². The van der Waals surface area contributed by atoms with E-state index >= 15 is 0 Å². The van der Waals surface area contributed by atoms with Crippen molar-refractivity contribution in [2.24, 2.45) is 0 Å². The van der Waals surface area contributed by atoms with Crippen molar-refractivity contribution >= 4 is 43.2 Å². The van der Waals surface area contributed by atoms with E-state index in [0.717, 1.165) is 27.4 Å². The van der Waals surface area contributed by atoms with Crippen LogP contribution in [-0.4, -0.2) is 40.3 Å². The molecule has 0 radical (unpaired) electrons. The Hall–Kier alpha value is -3.42. The standard InChI is InChI=1S/C26H25F3N2O6S2/c1-5-36-13-20-23(16-6-8-18(9-7-16)26(27,28)29)37-30-25(20)31(3)39(33,34)21-11-10-19-17(12-22(32)35-4)14-38-24(19)15(21)2/h6-11,14H,5,12-13H2,1-4H3. The van der Waals surface area contributed by atoms with Gasteiger partial charge in [0.25, 0.3) is 10.0 Å². The summed E-state index contributed by atoms with van der Waals surface area (Å²) in [4.78, 5) is 11.8. The lowest BCUT2D eigenvalue weighted by molar-refractivity contribution is -0.140. The number of halogens is 3. The number of aryl methyl sites for hydroxylation is 1. The van der Waals surface area contributed by atoms with E-state index in [9.17, 15) is 26.4 Å². The monoisotopic (exact) mass is 582 g/mol. The highest BCUT2D eigenvalue weighted by molar-refractivity contribution is 7.92. The van der Waals surface area contributed by atoms with Gasteiger partial charge in [-0.05, 0) is 53.9 Å². The Bertz CT molecular complexity index is 1610. The molecule has 8 nitrogen and oxygen atoms in total. The summed E-state index contributed by atoms with van der Waals surface area (Å²) in [6, 6.07) is 7.41. The Kier molecular flexibility index (Phi) is 8.05. The molecule has 0 saturated carbocycles. The number of hydrogen-bond acceptors (Lipinski definition) is 8. The molecule has 2 heterocycles. The van der Waals surface area contributed by atoms with E-state index in [-0.39, 0.29) is 40.6 Å². The lowest BCUT2D eigenvalue weighted by Crippen LogP contribution is -2.28. The molecular formula is C26H25F3N2O6S2. The van der Waals surface area contributed by atoms with Crippen molar-refractivity contribution in [3.05, 3.63) is 64.0 Å². The first-order chi connectivity index (χ1) is 18.4. The third kappa shape index (κ3) is 5.52. The first kappa shape index (κ1) is 28.6. The van der Waals surface area contributed by atoms with Crippen LogP contribution < -0.4 is 4.31 Å². The average Bonchev–Trinajstić information content (AvgIpc) is 3.51. The first-order valence-corrected chi connectivity index (χ1v) is 14.0. The van der Waals surface area contributed by atoms with Gasteiger partial charge < -0.3 is 14.0 Å². The van der Waals surface area contributed by atoms with Crippen LogP contribution in [0.15, 0.2) is 51.2 Å². The van der Waals surface area contributed by atoms with Crippen LogP contribution >= 0.6 is 11.3 Å². The summed E-state index contributed by atoms with van der Waals surface area (Å²) < 4.78 is 84.0. The fourth-order valence-corrected chi connectivity index (χ4v) is 6.64. The number of nitrogens with zero attached hydrogens (tertiary/aromatic N) is 2. The molecule has 0 atom stereocenters. The third-order valence-corrected chi connectivity index (χ3v) is 9.27. The molecule has 39 heavy (non-hydrogen) atoms. The van der Waals surface area contributed by atoms with Gasteiger partial charge in [-0.3, -0.25) is 4.79 Å². The number of thiophene rings is 1. The molecule has 2 aromatic carbocycles. The van der Waals surface area contributed by atoms with Gasteiger partial charge in [-0.25, -0.2) is 12.7 Å². The van der Waals surface area contributed by atoms with Gasteiger partial charge >= 0.3 is 12.1 Å². The number of rotatable bonds is 9. The molecule has 0 bridgehead atoms. The van der Waals surface area contributed by atoms with Crippen molar-refractivity contribution in [3.8, 4) is 11.3 Å². The number of carbonyl (C=O) groups excluding carboxylic acids is 1. The van der Waals surface area contributed by atoms with Gasteiger partial charge in [0, 0.05) is 23.9 Å². The Balaban J connectivity index is 1.74. The number of sulfonamides is 1. The van der Waals surface area contributed by atoms with Crippen molar-refractivity contribution in [1.29, 1.82) is 0 Å². The maximum absolute atomic E-state index is 13.8. The number of anilines is 1. The molecule has 0 saturated heterocycles. The highest BCUT2D eigenvalue weighted by Crippen LogP contribution is 2.38. The first-order valence-electron chi connectivity index (χ1n) is 11.7. The van der Waals surface area contributed by atoms with E-state index in [4.69, 9.17) is 14.0 Å². The van der Waals surface area contributed by atoms with Crippen LogP contribution in [0.5, 0.6) is 0 Å². The fourth-order valence-electron chi connectivity index (χ4n) is 4.10. The van der Waals surface area contributed by atoms with Crippen molar-refractivity contribution in [2.75, 3.05) is 25.1 Å². The molecule has 2 aromatic heterocycles. The van der Waals surface area contributed by atoms with Crippen molar-refractivity contribution in [3.63, 3.8) is 0 Å². The quantitative estimate of drug-likeness (QED) is 0.225. The molecule has 0 fully saturated rings. The van der Waals surface area contributed by atoms with E-state index in [1.807, 2.05) is 0 Å². The van der Waals surface area contributed by atoms with Crippen molar-refractivity contribution < 1.29 is 40.4 Å². The molecule has 0 spiro atoms. The molecule has 4 aromatic rings. The Morgan fingerprint density at radius 3 is 2.46 bits per heavy atom. The number of benzene rings is 2. The zero-order chi connectivity index (χ0) is 28.5. The van der Waals surface area contributed by atoms with Gasteiger partial charge in [0.2, 0.25) is 0 Å². The summed E-state index contributed by atoms with van der Waals surface area (Å²) in [5.41, 5.74) is 0.970. The van der Waals surface area contributed by atoms with Crippen LogP contribution in [0, 0.1) is 6.92 Å². The second-order valence-electron chi connectivity index (χ2n) is 8.58. The predicted octanol–water partition coefficient (Wildman–Crippen LogP) is 5.96. The summed E-state index contributed by atoms with van der Waals surface area (Å²) >= 11 is 1.32. The molecule has 208 valence electrons. The van der Waals surface area contributed by atoms with Crippen LogP contribution in [0.1, 0.15) is 29.2 Å². The van der Waals surface area contributed by atoms with Crippen LogP contribution in [-0.2, 0) is 43.5 Å². The van der Waals surface area contributed by atoms with Crippen LogP contribution in [0.3, 0.4) is 0 Å². The number of ether oxygens (including phenoxy) is 2. The summed E-state index contributed by atoms with van der Waals surface area (Å²) in [7, 11) is -1.53. The van der Waals surface area contributed by atoms with Gasteiger partial charge in [0.05, 0.1) is 36.2 Å². The van der Waals surface area contributed by atoms with Crippen molar-refractivity contribution in [1.82, 2.24) is 5.16 Å². The van der Waals surface area contributed by atoms with Crippen LogP contribution in [0.4, 0.5) is 19.0 Å². The number of esters is 1. The SMILES string of the molecule is CCOCc1c(N(C)S(=O)(=O)c2ccc3c(CC(=O)OC)csc3c2C)noc1-c1ccc(C(F)(F)F)cc1. The van der Waals surface area contributed by atoms with Gasteiger partial charge in [0.1, 0.15) is 0 Å². The van der Waals surface area contributed by atoms with E-state index in [1.54, 1.807) is 25.3 Å². The molecule has 0 aliphatic heterocycles. The Morgan fingerprint density at radius 2 is 1.85 bits per heavy atom. The number of fused-ring (bicyclic) bond motifs is 1. The number of alkyl halides is 3. The minimum absolute atomic E-state index is 0.0328. The summed E-state index contributed by atoms with van der Waals surface area (Å²) in [5.74, 6) is -0.344. The van der Waals surface area contributed by atoms with E-state index in [1.165, 1.54) is 43.7 Å². The molecule has 0 amide bonds. The lowest BCUT2D eigenvalue weighted by atomic mass is 10.1. The third-order valence-electron chi connectivity index (χ3n) is 6.21. The molecule has 0 unspecified atom stereocenters. The van der Waals surface area contributed by atoms with E-state index in [0.29, 0.717) is 16.9 Å². The Morgan fingerprint density at radius 1 is 1.15 bits per heavy atom. The number of methoxy groups -OCH3 is 1. The number of hydrogen-bond donors (Lipinski definition) is 0. The maximum Gasteiger partial charge on any atom is 0.416 e.